The molecule has 1 fully saturated rings. The fraction of sp³-hybridized carbons (Fsp3) is 0.185. The molecule has 0 aliphatic carbocycles. The summed E-state index contributed by atoms with van der Waals surface area (Å²) in [4.78, 5) is 22.0. The van der Waals surface area contributed by atoms with Gasteiger partial charge in [0.1, 0.15) is 11.6 Å². The molecule has 4 nitrogen and oxygen atoms in total. The van der Waals surface area contributed by atoms with Crippen LogP contribution in [-0.4, -0.2) is 42.0 Å². The number of benzene rings is 3. The highest BCUT2D eigenvalue weighted by Gasteiger charge is 2.25. The van der Waals surface area contributed by atoms with Gasteiger partial charge < -0.3 is 9.80 Å². The minimum Gasteiger partial charge on any atom is -0.366 e. The normalized spacial score (nSPS) is 14.0. The van der Waals surface area contributed by atoms with Crippen LogP contribution in [0.4, 0.5) is 14.5 Å². The molecule has 6 heteroatoms. The van der Waals surface area contributed by atoms with Crippen LogP contribution in [0.25, 0.3) is 22.2 Å². The number of carbonyl (C=O) groups is 1. The number of hydrogen-bond acceptors (Lipinski definition) is 3. The van der Waals surface area contributed by atoms with Crippen molar-refractivity contribution in [2.45, 2.75) is 6.92 Å². The van der Waals surface area contributed by atoms with Crippen LogP contribution >= 0.6 is 0 Å². The zero-order chi connectivity index (χ0) is 22.9. The second-order valence-electron chi connectivity index (χ2n) is 8.29. The average molecular weight is 443 g/mol. The summed E-state index contributed by atoms with van der Waals surface area (Å²) in [7, 11) is 0. The Labute approximate surface area is 191 Å². The number of carbonyl (C=O) groups excluding carboxylic acids is 1. The molecule has 1 saturated heterocycles. The maximum atomic E-state index is 14.5. The fourth-order valence-electron chi connectivity index (χ4n) is 4.35. The Balaban J connectivity index is 1.49. The largest absolute Gasteiger partial charge is 0.366 e. The highest BCUT2D eigenvalue weighted by molar-refractivity contribution is 6.07. The van der Waals surface area contributed by atoms with Crippen LogP contribution < -0.4 is 4.90 Å². The first-order chi connectivity index (χ1) is 16.0. The summed E-state index contributed by atoms with van der Waals surface area (Å²) < 4.78 is 28.7. The number of anilines is 1. The van der Waals surface area contributed by atoms with Crippen molar-refractivity contribution in [3.8, 4) is 11.3 Å². The molecule has 0 saturated carbocycles. The third kappa shape index (κ3) is 4.04. The molecule has 2 heterocycles. The maximum absolute atomic E-state index is 14.5. The highest BCUT2D eigenvalue weighted by Crippen LogP contribution is 2.29. The number of aryl methyl sites for hydroxylation is 1. The number of nitrogens with zero attached hydrogens (tertiary/aromatic N) is 3. The smallest absolute Gasteiger partial charge is 0.254 e. The van der Waals surface area contributed by atoms with E-state index in [-0.39, 0.29) is 17.5 Å². The Morgan fingerprint density at radius 2 is 1.55 bits per heavy atom. The van der Waals surface area contributed by atoms with Crippen LogP contribution in [-0.2, 0) is 0 Å². The van der Waals surface area contributed by atoms with Crippen LogP contribution in [0.3, 0.4) is 0 Å². The molecule has 1 aliphatic rings. The van der Waals surface area contributed by atoms with E-state index in [4.69, 9.17) is 0 Å². The van der Waals surface area contributed by atoms with E-state index >= 15 is 0 Å². The van der Waals surface area contributed by atoms with Gasteiger partial charge in [-0.15, -0.1) is 0 Å². The molecule has 1 aromatic heterocycles. The van der Waals surface area contributed by atoms with E-state index < -0.39 is 0 Å². The molecule has 4 aromatic rings. The monoisotopic (exact) mass is 443 g/mol. The lowest BCUT2D eigenvalue weighted by Crippen LogP contribution is -2.49. The van der Waals surface area contributed by atoms with Crippen LogP contribution in [0.2, 0.25) is 0 Å². The number of pyridine rings is 1. The molecule has 3 aromatic carbocycles. The first-order valence-electron chi connectivity index (χ1n) is 11.0. The second kappa shape index (κ2) is 8.62. The quantitative estimate of drug-likeness (QED) is 0.422. The van der Waals surface area contributed by atoms with Gasteiger partial charge in [-0.3, -0.25) is 4.79 Å². The average Bonchev–Trinajstić information content (AvgIpc) is 2.84. The molecular formula is C27H23F2N3O. The van der Waals surface area contributed by atoms with Gasteiger partial charge in [0, 0.05) is 37.1 Å². The van der Waals surface area contributed by atoms with Gasteiger partial charge in [-0.1, -0.05) is 35.9 Å². The molecular weight excluding hydrogens is 420 g/mol. The molecule has 33 heavy (non-hydrogen) atoms. The first-order valence-corrected chi connectivity index (χ1v) is 11.0. The molecule has 0 spiro atoms. The summed E-state index contributed by atoms with van der Waals surface area (Å²) in [5.41, 5.74) is 3.50. The zero-order valence-electron chi connectivity index (χ0n) is 18.3. The lowest BCUT2D eigenvalue weighted by Gasteiger charge is -2.36. The van der Waals surface area contributed by atoms with Gasteiger partial charge in [-0.05, 0) is 49.4 Å². The predicted octanol–water partition coefficient (Wildman–Crippen LogP) is 5.45. The first kappa shape index (κ1) is 21.1. The van der Waals surface area contributed by atoms with Gasteiger partial charge in [0.2, 0.25) is 0 Å². The number of amides is 1. The Kier molecular flexibility index (Phi) is 5.50. The van der Waals surface area contributed by atoms with Crippen LogP contribution in [0, 0.1) is 18.6 Å². The molecule has 0 bridgehead atoms. The van der Waals surface area contributed by atoms with E-state index in [2.05, 4.69) is 4.98 Å². The van der Waals surface area contributed by atoms with Crippen molar-refractivity contribution in [3.63, 3.8) is 0 Å². The summed E-state index contributed by atoms with van der Waals surface area (Å²) in [5, 5.41) is 0.747. The Morgan fingerprint density at radius 1 is 0.848 bits per heavy atom. The van der Waals surface area contributed by atoms with Crippen molar-refractivity contribution in [1.82, 2.24) is 9.88 Å². The summed E-state index contributed by atoms with van der Waals surface area (Å²) in [5.74, 6) is -0.769. The third-order valence-corrected chi connectivity index (χ3v) is 6.10. The van der Waals surface area contributed by atoms with Crippen molar-refractivity contribution in [2.24, 2.45) is 0 Å². The van der Waals surface area contributed by atoms with Gasteiger partial charge in [-0.25, -0.2) is 13.8 Å². The molecule has 0 radical (unpaired) electrons. The summed E-state index contributed by atoms with van der Waals surface area (Å²) in [6, 6.07) is 20.5. The molecule has 0 atom stereocenters. The lowest BCUT2D eigenvalue weighted by atomic mass is 10.0. The van der Waals surface area contributed by atoms with E-state index in [9.17, 15) is 13.6 Å². The molecule has 0 N–H and O–H groups in total. The summed E-state index contributed by atoms with van der Waals surface area (Å²) in [6.07, 6.45) is 0. The number of hydrogen-bond donors (Lipinski definition) is 0. The van der Waals surface area contributed by atoms with E-state index in [1.165, 1.54) is 12.1 Å². The maximum Gasteiger partial charge on any atom is 0.254 e. The number of rotatable bonds is 3. The molecule has 1 amide bonds. The minimum atomic E-state index is -0.381. The Morgan fingerprint density at radius 3 is 2.27 bits per heavy atom. The van der Waals surface area contributed by atoms with Crippen LogP contribution in [0.1, 0.15) is 15.9 Å². The van der Waals surface area contributed by atoms with Crippen LogP contribution in [0.5, 0.6) is 0 Å². The summed E-state index contributed by atoms with van der Waals surface area (Å²) >= 11 is 0. The topological polar surface area (TPSA) is 36.4 Å². The van der Waals surface area contributed by atoms with E-state index in [1.807, 2.05) is 36.1 Å². The van der Waals surface area contributed by atoms with Gasteiger partial charge >= 0.3 is 0 Å². The summed E-state index contributed by atoms with van der Waals surface area (Å²) in [6.45, 7) is 3.98. The number of para-hydroxylation sites is 1. The van der Waals surface area contributed by atoms with Gasteiger partial charge in [0.05, 0.1) is 22.5 Å². The fourth-order valence-corrected chi connectivity index (χ4v) is 4.35. The highest BCUT2D eigenvalue weighted by atomic mass is 19.1. The third-order valence-electron chi connectivity index (χ3n) is 6.10. The SMILES string of the molecule is Cc1ccc2nc(-c3ccccc3F)cc(C(=O)N3CCN(c4ccccc4F)CC3)c2c1. The van der Waals surface area contributed by atoms with Gasteiger partial charge in [0.15, 0.2) is 0 Å². The van der Waals surface area contributed by atoms with E-state index in [0.717, 1.165) is 10.9 Å². The number of piperazine rings is 1. The van der Waals surface area contributed by atoms with Gasteiger partial charge in [-0.2, -0.15) is 0 Å². The zero-order valence-corrected chi connectivity index (χ0v) is 18.3. The Bertz CT molecular complexity index is 1350. The van der Waals surface area contributed by atoms with Crippen molar-refractivity contribution < 1.29 is 13.6 Å². The standard InChI is InChI=1S/C27H23F2N3O/c1-18-10-11-24-20(16-18)21(17-25(30-24)19-6-2-3-7-22(19)28)27(33)32-14-12-31(13-15-32)26-9-5-4-8-23(26)29/h2-11,16-17H,12-15H2,1H3. The van der Waals surface area contributed by atoms with E-state index in [1.54, 1.807) is 41.3 Å². The number of aromatic nitrogens is 1. The van der Waals surface area contributed by atoms with Gasteiger partial charge in [0.25, 0.3) is 5.91 Å². The second-order valence-corrected chi connectivity index (χ2v) is 8.29. The lowest BCUT2D eigenvalue weighted by molar-refractivity contribution is 0.0748. The molecule has 0 unspecified atom stereocenters. The molecule has 5 rings (SSSR count). The van der Waals surface area contributed by atoms with Crippen molar-refractivity contribution >= 4 is 22.5 Å². The van der Waals surface area contributed by atoms with Crippen molar-refractivity contribution in [3.05, 3.63) is 95.6 Å². The van der Waals surface area contributed by atoms with Crippen molar-refractivity contribution in [1.29, 1.82) is 0 Å². The predicted molar refractivity (Wildman–Crippen MR) is 126 cm³/mol. The van der Waals surface area contributed by atoms with Crippen LogP contribution in [0.15, 0.2) is 72.8 Å². The van der Waals surface area contributed by atoms with E-state index in [0.29, 0.717) is 54.2 Å². The Hall–Kier alpha value is -3.80. The number of halogens is 2. The molecule has 166 valence electrons. The minimum absolute atomic E-state index is 0.126. The molecule has 1 aliphatic heterocycles. The van der Waals surface area contributed by atoms with Crippen molar-refractivity contribution in [2.75, 3.05) is 31.1 Å². The number of fused-ring (bicyclic) bond motifs is 1.